The molecule has 0 radical (unpaired) electrons. The van der Waals surface area contributed by atoms with Crippen LogP contribution in [-0.2, 0) is 6.54 Å². The summed E-state index contributed by atoms with van der Waals surface area (Å²) in [6.07, 6.45) is 7.01. The number of piperidine rings is 1. The van der Waals surface area contributed by atoms with Crippen molar-refractivity contribution in [3.63, 3.8) is 0 Å². The number of hydrogen-bond acceptors (Lipinski definition) is 6. The molecule has 8 heteroatoms. The molecule has 136 valence electrons. The van der Waals surface area contributed by atoms with E-state index in [1.54, 1.807) is 41.5 Å². The first kappa shape index (κ1) is 17.0. The van der Waals surface area contributed by atoms with E-state index >= 15 is 0 Å². The number of pyridine rings is 1. The second-order valence-corrected chi connectivity index (χ2v) is 6.61. The Bertz CT molecular complexity index is 994. The fraction of sp³-hybridized carbons (Fsp3) is 0.316. The molecule has 3 aromatic heterocycles. The van der Waals surface area contributed by atoms with Crippen molar-refractivity contribution in [3.8, 4) is 11.9 Å². The molecular formula is C19H19N7O. The van der Waals surface area contributed by atoms with Crippen molar-refractivity contribution >= 4 is 5.82 Å². The van der Waals surface area contributed by atoms with Crippen LogP contribution in [0.1, 0.15) is 18.4 Å². The molecule has 0 aliphatic carbocycles. The van der Waals surface area contributed by atoms with E-state index in [2.05, 4.69) is 26.2 Å². The third-order valence-electron chi connectivity index (χ3n) is 4.84. The highest BCUT2D eigenvalue weighted by Gasteiger charge is 2.21. The van der Waals surface area contributed by atoms with Crippen LogP contribution in [-0.4, -0.2) is 37.6 Å². The molecule has 3 aromatic rings. The fourth-order valence-electron chi connectivity index (χ4n) is 3.32. The van der Waals surface area contributed by atoms with Gasteiger partial charge in [0, 0.05) is 44.3 Å². The number of anilines is 1. The molecule has 0 bridgehead atoms. The molecule has 4 heterocycles. The smallest absolute Gasteiger partial charge is 0.266 e. The molecule has 0 saturated carbocycles. The lowest BCUT2D eigenvalue weighted by Gasteiger charge is -2.32. The molecule has 8 nitrogen and oxygen atoms in total. The van der Waals surface area contributed by atoms with Gasteiger partial charge in [-0.3, -0.25) is 4.79 Å². The van der Waals surface area contributed by atoms with Gasteiger partial charge in [0.1, 0.15) is 11.9 Å². The van der Waals surface area contributed by atoms with Crippen LogP contribution in [0.5, 0.6) is 0 Å². The third kappa shape index (κ3) is 3.72. The minimum atomic E-state index is -0.0953. The van der Waals surface area contributed by atoms with Gasteiger partial charge in [0.2, 0.25) is 0 Å². The highest BCUT2D eigenvalue weighted by molar-refractivity contribution is 5.42. The van der Waals surface area contributed by atoms with Crippen LogP contribution in [0, 0.1) is 17.2 Å². The second kappa shape index (κ2) is 7.41. The van der Waals surface area contributed by atoms with Gasteiger partial charge in [0.15, 0.2) is 5.82 Å². The average Bonchev–Trinajstić information content (AvgIpc) is 3.25. The van der Waals surface area contributed by atoms with E-state index in [0.29, 0.717) is 23.8 Å². The summed E-state index contributed by atoms with van der Waals surface area (Å²) in [4.78, 5) is 18.8. The molecule has 1 fully saturated rings. The minimum absolute atomic E-state index is 0.0953. The molecule has 1 aliphatic heterocycles. The molecule has 0 aromatic carbocycles. The predicted molar refractivity (Wildman–Crippen MR) is 99.5 cm³/mol. The van der Waals surface area contributed by atoms with Crippen molar-refractivity contribution in [1.82, 2.24) is 24.5 Å². The maximum atomic E-state index is 12.2. The van der Waals surface area contributed by atoms with E-state index in [1.807, 2.05) is 12.1 Å². The third-order valence-corrected chi connectivity index (χ3v) is 4.84. The molecule has 1 saturated heterocycles. The van der Waals surface area contributed by atoms with Gasteiger partial charge < -0.3 is 4.90 Å². The molecule has 0 N–H and O–H groups in total. The average molecular weight is 361 g/mol. The topological polar surface area (TPSA) is 92.6 Å². The standard InChI is InChI=1S/C19H19N7O/c20-12-16-2-3-17(21-13-16)24-10-6-15(7-11-24)14-26-19(27)5-4-18(23-26)25-9-1-8-22-25/h1-5,8-9,13,15H,6-7,10-11,14H2. The second-order valence-electron chi connectivity index (χ2n) is 6.61. The Morgan fingerprint density at radius 3 is 2.63 bits per heavy atom. The van der Waals surface area contributed by atoms with Crippen molar-refractivity contribution < 1.29 is 0 Å². The number of aromatic nitrogens is 5. The summed E-state index contributed by atoms with van der Waals surface area (Å²) in [5, 5.41) is 17.5. The Labute approximate surface area is 156 Å². The molecule has 0 spiro atoms. The molecule has 0 atom stereocenters. The maximum Gasteiger partial charge on any atom is 0.266 e. The molecular weight excluding hydrogens is 342 g/mol. The van der Waals surface area contributed by atoms with E-state index in [0.717, 1.165) is 31.7 Å². The van der Waals surface area contributed by atoms with Crippen LogP contribution < -0.4 is 10.5 Å². The summed E-state index contributed by atoms with van der Waals surface area (Å²) in [5.41, 5.74) is 0.471. The van der Waals surface area contributed by atoms with E-state index in [1.165, 1.54) is 4.68 Å². The molecule has 27 heavy (non-hydrogen) atoms. The lowest BCUT2D eigenvalue weighted by Crippen LogP contribution is -2.37. The van der Waals surface area contributed by atoms with Crippen molar-refractivity contribution in [2.45, 2.75) is 19.4 Å². The first-order chi connectivity index (χ1) is 13.2. The Kier molecular flexibility index (Phi) is 4.66. The van der Waals surface area contributed by atoms with E-state index in [4.69, 9.17) is 5.26 Å². The summed E-state index contributed by atoms with van der Waals surface area (Å²) in [6.45, 7) is 2.34. The molecule has 0 amide bonds. The van der Waals surface area contributed by atoms with Crippen molar-refractivity contribution in [2.75, 3.05) is 18.0 Å². The highest BCUT2D eigenvalue weighted by Crippen LogP contribution is 2.22. The number of hydrogen-bond donors (Lipinski definition) is 0. The summed E-state index contributed by atoms with van der Waals surface area (Å²) in [7, 11) is 0. The van der Waals surface area contributed by atoms with Crippen LogP contribution in [0.4, 0.5) is 5.82 Å². The first-order valence-electron chi connectivity index (χ1n) is 8.92. The van der Waals surface area contributed by atoms with Crippen LogP contribution in [0.2, 0.25) is 0 Å². The van der Waals surface area contributed by atoms with E-state index in [-0.39, 0.29) is 5.56 Å². The van der Waals surface area contributed by atoms with Crippen molar-refractivity contribution in [1.29, 1.82) is 5.26 Å². The Morgan fingerprint density at radius 2 is 1.96 bits per heavy atom. The first-order valence-corrected chi connectivity index (χ1v) is 8.92. The largest absolute Gasteiger partial charge is 0.357 e. The molecule has 4 rings (SSSR count). The van der Waals surface area contributed by atoms with E-state index < -0.39 is 0 Å². The van der Waals surface area contributed by atoms with Crippen molar-refractivity contribution in [2.24, 2.45) is 5.92 Å². The zero-order chi connectivity index (χ0) is 18.6. The van der Waals surface area contributed by atoms with Gasteiger partial charge in [0.25, 0.3) is 5.56 Å². The Hall–Kier alpha value is -3.47. The monoisotopic (exact) mass is 361 g/mol. The highest BCUT2D eigenvalue weighted by atomic mass is 16.1. The van der Waals surface area contributed by atoms with Crippen molar-refractivity contribution in [3.05, 3.63) is 64.8 Å². The summed E-state index contributed by atoms with van der Waals surface area (Å²) >= 11 is 0. The van der Waals surface area contributed by atoms with Crippen LogP contribution >= 0.6 is 0 Å². The van der Waals surface area contributed by atoms with Gasteiger partial charge >= 0.3 is 0 Å². The number of nitrogens with zero attached hydrogens (tertiary/aromatic N) is 7. The van der Waals surface area contributed by atoms with E-state index in [9.17, 15) is 4.79 Å². The molecule has 0 unspecified atom stereocenters. The quantitative estimate of drug-likeness (QED) is 0.701. The summed E-state index contributed by atoms with van der Waals surface area (Å²) < 4.78 is 3.19. The number of rotatable bonds is 4. The van der Waals surface area contributed by atoms with Gasteiger partial charge in [-0.05, 0) is 43.0 Å². The summed E-state index contributed by atoms with van der Waals surface area (Å²) in [6, 6.07) is 10.8. The Morgan fingerprint density at radius 1 is 1.15 bits per heavy atom. The van der Waals surface area contributed by atoms with Gasteiger partial charge in [-0.1, -0.05) is 0 Å². The summed E-state index contributed by atoms with van der Waals surface area (Å²) in [5.74, 6) is 1.92. The molecule has 1 aliphatic rings. The lowest BCUT2D eigenvalue weighted by molar-refractivity contribution is 0.333. The van der Waals surface area contributed by atoms with Crippen LogP contribution in [0.3, 0.4) is 0 Å². The van der Waals surface area contributed by atoms with Crippen LogP contribution in [0.15, 0.2) is 53.7 Å². The zero-order valence-electron chi connectivity index (χ0n) is 14.8. The van der Waals surface area contributed by atoms with Gasteiger partial charge in [0.05, 0.1) is 5.56 Å². The van der Waals surface area contributed by atoms with Crippen LogP contribution in [0.25, 0.3) is 5.82 Å². The fourth-order valence-corrected chi connectivity index (χ4v) is 3.32. The lowest BCUT2D eigenvalue weighted by atomic mass is 9.97. The zero-order valence-corrected chi connectivity index (χ0v) is 14.8. The normalized spacial score (nSPS) is 14.9. The van der Waals surface area contributed by atoms with Gasteiger partial charge in [-0.2, -0.15) is 10.4 Å². The Balaban J connectivity index is 1.41. The number of nitriles is 1. The van der Waals surface area contributed by atoms with Gasteiger partial charge in [-0.15, -0.1) is 5.10 Å². The van der Waals surface area contributed by atoms with Gasteiger partial charge in [-0.25, -0.2) is 14.3 Å². The predicted octanol–water partition coefficient (Wildman–Crippen LogP) is 1.61. The maximum absolute atomic E-state index is 12.2. The minimum Gasteiger partial charge on any atom is -0.357 e. The SMILES string of the molecule is N#Cc1ccc(N2CCC(Cn3nc(-n4cccn4)ccc3=O)CC2)nc1.